The third-order valence-electron chi connectivity index (χ3n) is 3.15. The van der Waals surface area contributed by atoms with Gasteiger partial charge >= 0.3 is 0 Å². The second-order valence-electron chi connectivity index (χ2n) is 4.38. The highest BCUT2D eigenvalue weighted by molar-refractivity contribution is 5.56. The van der Waals surface area contributed by atoms with Crippen LogP contribution in [-0.4, -0.2) is 20.8 Å². The SMILES string of the molecule is OC1CCn2c(cnc2-c2cccc(F)c2)C1. The summed E-state index contributed by atoms with van der Waals surface area (Å²) in [6.07, 6.45) is 2.84. The van der Waals surface area contributed by atoms with Crippen molar-refractivity contribution >= 4 is 0 Å². The van der Waals surface area contributed by atoms with E-state index in [0.29, 0.717) is 6.42 Å². The lowest BCUT2D eigenvalue weighted by Crippen LogP contribution is -2.23. The quantitative estimate of drug-likeness (QED) is 0.816. The number of imidazole rings is 1. The number of fused-ring (bicyclic) bond motifs is 1. The fourth-order valence-electron chi connectivity index (χ4n) is 2.30. The molecule has 1 atom stereocenters. The molecule has 0 saturated heterocycles. The minimum Gasteiger partial charge on any atom is -0.393 e. The predicted octanol–water partition coefficient (Wildman–Crippen LogP) is 2.00. The van der Waals surface area contributed by atoms with E-state index >= 15 is 0 Å². The van der Waals surface area contributed by atoms with Crippen LogP contribution in [0.25, 0.3) is 11.4 Å². The molecule has 0 amide bonds. The molecule has 0 fully saturated rings. The van der Waals surface area contributed by atoms with E-state index in [-0.39, 0.29) is 11.9 Å². The lowest BCUT2D eigenvalue weighted by Gasteiger charge is -2.21. The molecule has 2 aromatic rings. The van der Waals surface area contributed by atoms with Gasteiger partial charge in [-0.25, -0.2) is 9.37 Å². The van der Waals surface area contributed by atoms with Crippen molar-refractivity contribution in [1.82, 2.24) is 9.55 Å². The number of rotatable bonds is 1. The molecule has 1 unspecified atom stereocenters. The van der Waals surface area contributed by atoms with E-state index in [1.165, 1.54) is 12.1 Å². The van der Waals surface area contributed by atoms with Crippen LogP contribution in [0.4, 0.5) is 4.39 Å². The van der Waals surface area contributed by atoms with Crippen molar-refractivity contribution in [2.45, 2.75) is 25.5 Å². The van der Waals surface area contributed by atoms with Gasteiger partial charge in [0, 0.05) is 30.4 Å². The van der Waals surface area contributed by atoms with Crippen LogP contribution in [0.2, 0.25) is 0 Å². The summed E-state index contributed by atoms with van der Waals surface area (Å²) >= 11 is 0. The first kappa shape index (κ1) is 10.5. The van der Waals surface area contributed by atoms with Gasteiger partial charge in [-0.3, -0.25) is 0 Å². The summed E-state index contributed by atoms with van der Waals surface area (Å²) < 4.78 is 15.2. The van der Waals surface area contributed by atoms with E-state index in [1.54, 1.807) is 12.3 Å². The molecule has 0 radical (unpaired) electrons. The molecule has 1 aromatic carbocycles. The van der Waals surface area contributed by atoms with Crippen molar-refractivity contribution in [3.63, 3.8) is 0 Å². The molecule has 0 aliphatic carbocycles. The summed E-state index contributed by atoms with van der Waals surface area (Å²) in [5, 5.41) is 9.58. The number of hydrogen-bond acceptors (Lipinski definition) is 2. The monoisotopic (exact) mass is 232 g/mol. The molecule has 88 valence electrons. The number of hydrogen-bond donors (Lipinski definition) is 1. The summed E-state index contributed by atoms with van der Waals surface area (Å²) in [5.41, 5.74) is 1.80. The van der Waals surface area contributed by atoms with Crippen LogP contribution >= 0.6 is 0 Å². The normalized spacial score (nSPS) is 19.1. The van der Waals surface area contributed by atoms with Crippen LogP contribution in [0.3, 0.4) is 0 Å². The van der Waals surface area contributed by atoms with Gasteiger partial charge in [0.05, 0.1) is 6.10 Å². The van der Waals surface area contributed by atoms with Crippen LogP contribution in [0.1, 0.15) is 12.1 Å². The van der Waals surface area contributed by atoms with Crippen LogP contribution < -0.4 is 0 Å². The molecule has 17 heavy (non-hydrogen) atoms. The Labute approximate surface area is 98.5 Å². The Balaban J connectivity index is 2.05. The summed E-state index contributed by atoms with van der Waals surface area (Å²) in [4.78, 5) is 4.33. The molecule has 3 rings (SSSR count). The maximum absolute atomic E-state index is 13.2. The maximum atomic E-state index is 13.2. The van der Waals surface area contributed by atoms with E-state index in [2.05, 4.69) is 9.55 Å². The molecule has 1 aromatic heterocycles. The number of nitrogens with zero attached hydrogens (tertiary/aromatic N) is 2. The second kappa shape index (κ2) is 3.96. The summed E-state index contributed by atoms with van der Waals surface area (Å²) in [5.74, 6) is 0.530. The highest BCUT2D eigenvalue weighted by Gasteiger charge is 2.20. The van der Waals surface area contributed by atoms with Gasteiger partial charge in [-0.15, -0.1) is 0 Å². The van der Waals surface area contributed by atoms with Crippen LogP contribution in [0, 0.1) is 5.82 Å². The summed E-state index contributed by atoms with van der Waals surface area (Å²) in [6.45, 7) is 0.738. The lowest BCUT2D eigenvalue weighted by atomic mass is 10.1. The zero-order chi connectivity index (χ0) is 11.8. The van der Waals surface area contributed by atoms with Crippen molar-refractivity contribution in [2.24, 2.45) is 0 Å². The van der Waals surface area contributed by atoms with Gasteiger partial charge in [-0.2, -0.15) is 0 Å². The standard InChI is InChI=1S/C13H13FN2O/c14-10-3-1-2-9(6-10)13-15-8-11-7-12(17)4-5-16(11)13/h1-3,6,8,12,17H,4-5,7H2. The Kier molecular flexibility index (Phi) is 2.44. The van der Waals surface area contributed by atoms with Gasteiger partial charge in [0.25, 0.3) is 0 Å². The third kappa shape index (κ3) is 1.85. The minimum absolute atomic E-state index is 0.254. The summed E-state index contributed by atoms with van der Waals surface area (Å²) in [7, 11) is 0. The molecule has 0 bridgehead atoms. The molecule has 0 spiro atoms. The molecular formula is C13H13FN2O. The minimum atomic E-state index is -0.278. The first-order chi connectivity index (χ1) is 8.24. The Morgan fingerprint density at radius 1 is 1.41 bits per heavy atom. The fourth-order valence-corrected chi connectivity index (χ4v) is 2.30. The molecular weight excluding hydrogens is 219 g/mol. The number of halogens is 1. The fraction of sp³-hybridized carbons (Fsp3) is 0.308. The van der Waals surface area contributed by atoms with Gasteiger partial charge in [0.15, 0.2) is 0 Å². The zero-order valence-electron chi connectivity index (χ0n) is 9.31. The van der Waals surface area contributed by atoms with Crippen molar-refractivity contribution in [2.75, 3.05) is 0 Å². The Morgan fingerprint density at radius 3 is 3.12 bits per heavy atom. The number of aliphatic hydroxyl groups excluding tert-OH is 1. The molecule has 1 aliphatic rings. The third-order valence-corrected chi connectivity index (χ3v) is 3.15. The van der Waals surface area contributed by atoms with Gasteiger partial charge in [-0.1, -0.05) is 12.1 Å². The van der Waals surface area contributed by atoms with Crippen molar-refractivity contribution in [3.05, 3.63) is 42.0 Å². The Morgan fingerprint density at radius 2 is 2.29 bits per heavy atom. The first-order valence-electron chi connectivity index (χ1n) is 5.72. The van der Waals surface area contributed by atoms with Crippen molar-refractivity contribution in [1.29, 1.82) is 0 Å². The smallest absolute Gasteiger partial charge is 0.140 e. The molecule has 1 aliphatic heterocycles. The lowest BCUT2D eigenvalue weighted by molar-refractivity contribution is 0.144. The van der Waals surface area contributed by atoms with Crippen LogP contribution in [0.5, 0.6) is 0 Å². The van der Waals surface area contributed by atoms with Gasteiger partial charge in [0.2, 0.25) is 0 Å². The maximum Gasteiger partial charge on any atom is 0.140 e. The number of aromatic nitrogens is 2. The van der Waals surface area contributed by atoms with Crippen molar-refractivity contribution < 1.29 is 9.50 Å². The number of benzene rings is 1. The van der Waals surface area contributed by atoms with E-state index < -0.39 is 0 Å². The van der Waals surface area contributed by atoms with Crippen LogP contribution in [0.15, 0.2) is 30.5 Å². The predicted molar refractivity (Wildman–Crippen MR) is 61.9 cm³/mol. The van der Waals surface area contributed by atoms with Gasteiger partial charge < -0.3 is 9.67 Å². The highest BCUT2D eigenvalue weighted by Crippen LogP contribution is 2.24. The van der Waals surface area contributed by atoms with E-state index in [9.17, 15) is 9.50 Å². The second-order valence-corrected chi connectivity index (χ2v) is 4.38. The topological polar surface area (TPSA) is 38.0 Å². The van der Waals surface area contributed by atoms with Gasteiger partial charge in [-0.05, 0) is 18.6 Å². The average molecular weight is 232 g/mol. The van der Waals surface area contributed by atoms with E-state index in [1.807, 2.05) is 6.07 Å². The zero-order valence-corrected chi connectivity index (χ0v) is 9.31. The molecule has 4 heteroatoms. The largest absolute Gasteiger partial charge is 0.393 e. The first-order valence-corrected chi connectivity index (χ1v) is 5.72. The van der Waals surface area contributed by atoms with Gasteiger partial charge in [0.1, 0.15) is 11.6 Å². The Hall–Kier alpha value is -1.68. The van der Waals surface area contributed by atoms with Crippen LogP contribution in [-0.2, 0) is 13.0 Å². The summed E-state index contributed by atoms with van der Waals surface area (Å²) in [6, 6.07) is 6.45. The molecule has 0 saturated carbocycles. The van der Waals surface area contributed by atoms with Crippen molar-refractivity contribution in [3.8, 4) is 11.4 Å². The highest BCUT2D eigenvalue weighted by atomic mass is 19.1. The molecule has 1 N–H and O–H groups in total. The average Bonchev–Trinajstić information content (AvgIpc) is 2.71. The van der Waals surface area contributed by atoms with E-state index in [0.717, 1.165) is 30.0 Å². The van der Waals surface area contributed by atoms with E-state index in [4.69, 9.17) is 0 Å². The molecule has 3 nitrogen and oxygen atoms in total. The Bertz CT molecular complexity index is 550. The number of aliphatic hydroxyl groups is 1. The molecule has 2 heterocycles.